The number of anilines is 1. The van der Waals surface area contributed by atoms with E-state index in [0.29, 0.717) is 5.56 Å². The first-order valence-corrected chi connectivity index (χ1v) is 5.80. The van der Waals surface area contributed by atoms with Crippen LogP contribution in [0.25, 0.3) is 0 Å². The van der Waals surface area contributed by atoms with Gasteiger partial charge in [0, 0.05) is 11.1 Å². The van der Waals surface area contributed by atoms with Gasteiger partial charge in [-0.25, -0.2) is 4.98 Å². The Bertz CT molecular complexity index is 525. The molecule has 0 aliphatic carbocycles. The zero-order valence-corrected chi connectivity index (χ0v) is 9.71. The van der Waals surface area contributed by atoms with Gasteiger partial charge in [-0.05, 0) is 36.1 Å². The number of aryl methyl sites for hydroxylation is 1. The van der Waals surface area contributed by atoms with Crippen LogP contribution in [0.4, 0.5) is 5.82 Å². The maximum Gasteiger partial charge on any atom is 0.127 e. The number of thiophene rings is 1. The topological polar surface area (TPSA) is 48.7 Å². The molecule has 16 heavy (non-hydrogen) atoms. The van der Waals surface area contributed by atoms with Crippen LogP contribution in [-0.2, 0) is 6.54 Å². The lowest BCUT2D eigenvalue weighted by molar-refractivity contribution is 1.12. The molecule has 80 valence electrons. The van der Waals surface area contributed by atoms with Gasteiger partial charge >= 0.3 is 0 Å². The van der Waals surface area contributed by atoms with Crippen molar-refractivity contribution < 1.29 is 0 Å². The molecule has 0 unspecified atom stereocenters. The molecule has 0 radical (unpaired) electrons. The molecule has 4 heteroatoms. The molecule has 3 nitrogen and oxygen atoms in total. The van der Waals surface area contributed by atoms with Gasteiger partial charge in [0.25, 0.3) is 0 Å². The summed E-state index contributed by atoms with van der Waals surface area (Å²) in [5, 5.41) is 14.0. The highest BCUT2D eigenvalue weighted by Crippen LogP contribution is 2.17. The van der Waals surface area contributed by atoms with Crippen LogP contribution in [0.15, 0.2) is 29.8 Å². The monoisotopic (exact) mass is 229 g/mol. The van der Waals surface area contributed by atoms with Crippen LogP contribution in [0.5, 0.6) is 0 Å². The van der Waals surface area contributed by atoms with E-state index >= 15 is 0 Å². The maximum atomic E-state index is 8.75. The third-order valence-corrected chi connectivity index (χ3v) is 3.31. The van der Waals surface area contributed by atoms with Gasteiger partial charge in [0.05, 0.1) is 18.2 Å². The van der Waals surface area contributed by atoms with Gasteiger partial charge in [0.2, 0.25) is 0 Å². The molecule has 0 spiro atoms. The molecule has 0 saturated heterocycles. The molecule has 0 aliphatic heterocycles. The van der Waals surface area contributed by atoms with Gasteiger partial charge in [-0.1, -0.05) is 0 Å². The highest BCUT2D eigenvalue weighted by molar-refractivity contribution is 7.10. The summed E-state index contributed by atoms with van der Waals surface area (Å²) in [5.74, 6) is 0.742. The molecule has 2 aromatic rings. The second kappa shape index (κ2) is 4.77. The third kappa shape index (κ3) is 2.38. The van der Waals surface area contributed by atoms with Crippen molar-refractivity contribution >= 4 is 17.2 Å². The molecule has 0 bridgehead atoms. The Balaban J connectivity index is 2.05. The van der Waals surface area contributed by atoms with Gasteiger partial charge in [-0.15, -0.1) is 11.3 Å². The van der Waals surface area contributed by atoms with Crippen molar-refractivity contribution in [3.63, 3.8) is 0 Å². The van der Waals surface area contributed by atoms with Crippen LogP contribution in [0.3, 0.4) is 0 Å². The van der Waals surface area contributed by atoms with Crippen molar-refractivity contribution in [3.8, 4) is 6.07 Å². The maximum absolute atomic E-state index is 8.75. The van der Waals surface area contributed by atoms with Crippen LogP contribution < -0.4 is 5.32 Å². The standard InChI is InChI=1S/C12H11N3S/c1-9-3-5-16-11(9)8-15-12-6-10(7-13)2-4-14-12/h2-6H,8H2,1H3,(H,14,15). The summed E-state index contributed by atoms with van der Waals surface area (Å²) >= 11 is 1.72. The lowest BCUT2D eigenvalue weighted by Crippen LogP contribution is -2.00. The number of hydrogen-bond donors (Lipinski definition) is 1. The second-order valence-electron chi connectivity index (χ2n) is 3.42. The SMILES string of the molecule is Cc1ccsc1CNc1cc(C#N)ccn1. The van der Waals surface area contributed by atoms with Crippen LogP contribution in [0, 0.1) is 18.3 Å². The Morgan fingerprint density at radius 1 is 1.50 bits per heavy atom. The van der Waals surface area contributed by atoms with Gasteiger partial charge in [-0.2, -0.15) is 5.26 Å². The van der Waals surface area contributed by atoms with Crippen molar-refractivity contribution in [1.29, 1.82) is 5.26 Å². The molecule has 2 rings (SSSR count). The van der Waals surface area contributed by atoms with E-state index in [-0.39, 0.29) is 0 Å². The van der Waals surface area contributed by atoms with Crippen molar-refractivity contribution in [2.75, 3.05) is 5.32 Å². The Morgan fingerprint density at radius 2 is 2.38 bits per heavy atom. The lowest BCUT2D eigenvalue weighted by atomic mass is 10.2. The molecule has 2 aromatic heterocycles. The molecular formula is C12H11N3S. The van der Waals surface area contributed by atoms with E-state index in [1.165, 1.54) is 10.4 Å². The van der Waals surface area contributed by atoms with Crippen LogP contribution in [0.1, 0.15) is 16.0 Å². The largest absolute Gasteiger partial charge is 0.365 e. The highest BCUT2D eigenvalue weighted by Gasteiger charge is 2.00. The molecule has 0 fully saturated rings. The molecule has 0 amide bonds. The van der Waals surface area contributed by atoms with Gasteiger partial charge in [0.15, 0.2) is 0 Å². The zero-order valence-electron chi connectivity index (χ0n) is 8.90. The number of nitrogens with zero attached hydrogens (tertiary/aromatic N) is 2. The zero-order chi connectivity index (χ0) is 11.4. The number of nitriles is 1. The van der Waals surface area contributed by atoms with E-state index in [4.69, 9.17) is 5.26 Å². The highest BCUT2D eigenvalue weighted by atomic mass is 32.1. The normalized spacial score (nSPS) is 9.75. The molecule has 0 aliphatic rings. The van der Waals surface area contributed by atoms with E-state index in [0.717, 1.165) is 12.4 Å². The van der Waals surface area contributed by atoms with E-state index in [9.17, 15) is 0 Å². The minimum Gasteiger partial charge on any atom is -0.365 e. The van der Waals surface area contributed by atoms with Gasteiger partial charge < -0.3 is 5.32 Å². The summed E-state index contributed by atoms with van der Waals surface area (Å²) in [4.78, 5) is 5.45. The minimum atomic E-state index is 0.625. The fourth-order valence-corrected chi connectivity index (χ4v) is 2.20. The molecule has 0 atom stereocenters. The summed E-state index contributed by atoms with van der Waals surface area (Å²) in [6.07, 6.45) is 1.64. The molecule has 2 heterocycles. The third-order valence-electron chi connectivity index (χ3n) is 2.29. The Kier molecular flexibility index (Phi) is 3.18. The number of hydrogen-bond acceptors (Lipinski definition) is 4. The summed E-state index contributed by atoms with van der Waals surface area (Å²) in [7, 11) is 0. The summed E-state index contributed by atoms with van der Waals surface area (Å²) < 4.78 is 0. The average Bonchev–Trinajstić information content (AvgIpc) is 2.72. The number of nitrogens with one attached hydrogen (secondary N) is 1. The first-order chi connectivity index (χ1) is 7.79. The molecule has 1 N–H and O–H groups in total. The van der Waals surface area contributed by atoms with Crippen LogP contribution in [-0.4, -0.2) is 4.98 Å². The number of aromatic nitrogens is 1. The minimum absolute atomic E-state index is 0.625. The van der Waals surface area contributed by atoms with Crippen molar-refractivity contribution in [2.24, 2.45) is 0 Å². The van der Waals surface area contributed by atoms with Crippen molar-refractivity contribution in [2.45, 2.75) is 13.5 Å². The van der Waals surface area contributed by atoms with E-state index in [1.54, 1.807) is 29.7 Å². The summed E-state index contributed by atoms with van der Waals surface area (Å²) in [5.41, 5.74) is 1.91. The first kappa shape index (κ1) is 10.7. The van der Waals surface area contributed by atoms with Crippen molar-refractivity contribution in [1.82, 2.24) is 4.98 Å². The number of rotatable bonds is 3. The average molecular weight is 229 g/mol. The van der Waals surface area contributed by atoms with E-state index in [2.05, 4.69) is 34.7 Å². The van der Waals surface area contributed by atoms with E-state index < -0.39 is 0 Å². The summed E-state index contributed by atoms with van der Waals surface area (Å²) in [6, 6.07) is 7.64. The Hall–Kier alpha value is -1.86. The summed E-state index contributed by atoms with van der Waals surface area (Å²) in [6.45, 7) is 2.85. The molecule has 0 saturated carbocycles. The molecular weight excluding hydrogens is 218 g/mol. The Morgan fingerprint density at radius 3 is 3.06 bits per heavy atom. The fraction of sp³-hybridized carbons (Fsp3) is 0.167. The molecule has 0 aromatic carbocycles. The second-order valence-corrected chi connectivity index (χ2v) is 4.42. The van der Waals surface area contributed by atoms with Crippen molar-refractivity contribution in [3.05, 3.63) is 45.8 Å². The predicted molar refractivity (Wildman–Crippen MR) is 65.3 cm³/mol. The van der Waals surface area contributed by atoms with Gasteiger partial charge in [-0.3, -0.25) is 0 Å². The van der Waals surface area contributed by atoms with E-state index in [1.807, 2.05) is 0 Å². The quantitative estimate of drug-likeness (QED) is 0.880. The number of pyridine rings is 1. The van der Waals surface area contributed by atoms with Gasteiger partial charge in [0.1, 0.15) is 5.82 Å². The first-order valence-electron chi connectivity index (χ1n) is 4.92. The fourth-order valence-electron chi connectivity index (χ4n) is 1.35. The van der Waals surface area contributed by atoms with Crippen LogP contribution >= 0.6 is 11.3 Å². The van der Waals surface area contributed by atoms with Crippen LogP contribution in [0.2, 0.25) is 0 Å². The smallest absolute Gasteiger partial charge is 0.127 e. The lowest BCUT2D eigenvalue weighted by Gasteiger charge is -2.04. The Labute approximate surface area is 98.4 Å². The predicted octanol–water partition coefficient (Wildman–Crippen LogP) is 2.94.